The van der Waals surface area contributed by atoms with Gasteiger partial charge >= 0.3 is 0 Å². The molecule has 10 nitrogen and oxygen atoms in total. The van der Waals surface area contributed by atoms with Gasteiger partial charge in [-0.3, -0.25) is 9.59 Å². The van der Waals surface area contributed by atoms with Crippen LogP contribution in [-0.4, -0.2) is 64.5 Å². The van der Waals surface area contributed by atoms with E-state index in [9.17, 15) is 9.59 Å². The predicted octanol–water partition coefficient (Wildman–Crippen LogP) is 3.12. The summed E-state index contributed by atoms with van der Waals surface area (Å²) in [6, 6.07) is 16.5. The summed E-state index contributed by atoms with van der Waals surface area (Å²) in [5.41, 5.74) is 2.18. The summed E-state index contributed by atoms with van der Waals surface area (Å²) >= 11 is 1.10. The Morgan fingerprint density at radius 1 is 1.06 bits per heavy atom. The molecule has 2 amide bonds. The van der Waals surface area contributed by atoms with Gasteiger partial charge in [-0.25, -0.2) is 0 Å². The van der Waals surface area contributed by atoms with Crippen molar-refractivity contribution >= 4 is 23.3 Å². The first-order chi connectivity index (χ1) is 17.5. The molecule has 0 atom stereocenters. The van der Waals surface area contributed by atoms with Crippen molar-refractivity contribution in [2.24, 2.45) is 4.99 Å². The van der Waals surface area contributed by atoms with Crippen molar-refractivity contribution in [3.8, 4) is 22.7 Å². The van der Waals surface area contributed by atoms with Crippen LogP contribution in [0.1, 0.15) is 26.6 Å². The highest BCUT2D eigenvalue weighted by molar-refractivity contribution is 7.04. The second-order valence-electron chi connectivity index (χ2n) is 7.97. The minimum Gasteiger partial charge on any atom is -0.497 e. The van der Waals surface area contributed by atoms with Crippen LogP contribution in [0.15, 0.2) is 64.1 Å². The zero-order valence-electron chi connectivity index (χ0n) is 19.7. The number of methoxy groups -OCH3 is 1. The van der Waals surface area contributed by atoms with E-state index < -0.39 is 5.91 Å². The van der Waals surface area contributed by atoms with Crippen molar-refractivity contribution in [3.63, 3.8) is 0 Å². The van der Waals surface area contributed by atoms with Crippen molar-refractivity contribution in [1.29, 1.82) is 0 Å². The lowest BCUT2D eigenvalue weighted by Crippen LogP contribution is -2.42. The molecule has 36 heavy (non-hydrogen) atoms. The summed E-state index contributed by atoms with van der Waals surface area (Å²) in [4.78, 5) is 32.8. The maximum atomic E-state index is 13.4. The Kier molecular flexibility index (Phi) is 6.74. The van der Waals surface area contributed by atoms with Gasteiger partial charge in [-0.2, -0.15) is 9.06 Å². The molecule has 1 aliphatic heterocycles. The highest BCUT2D eigenvalue weighted by Crippen LogP contribution is 2.26. The highest BCUT2D eigenvalue weighted by Gasteiger charge is 2.26. The molecule has 1 fully saturated rings. The zero-order chi connectivity index (χ0) is 25.1. The summed E-state index contributed by atoms with van der Waals surface area (Å²) in [6.07, 6.45) is 0. The number of benzene rings is 2. The standard InChI is InChI=1S/C25H23N5O5S/c1-16-20(21(28-35-16)17-6-4-3-5-7-17)23(31)26-24-22(25(32)29-12-14-34-15-13-29)27-30(36-24)18-8-10-19(33-2)11-9-18/h3-11H,12-15H2,1-2H3. The van der Waals surface area contributed by atoms with Crippen LogP contribution >= 0.6 is 11.5 Å². The molecule has 0 saturated carbocycles. The average molecular weight is 506 g/mol. The van der Waals surface area contributed by atoms with Gasteiger partial charge in [-0.05, 0) is 42.7 Å². The quantitative estimate of drug-likeness (QED) is 0.410. The summed E-state index contributed by atoms with van der Waals surface area (Å²) in [7, 11) is 1.59. The van der Waals surface area contributed by atoms with E-state index in [0.717, 1.165) is 17.1 Å². The molecule has 184 valence electrons. The molecule has 0 spiro atoms. The second-order valence-corrected chi connectivity index (χ2v) is 8.88. The summed E-state index contributed by atoms with van der Waals surface area (Å²) in [5, 5.41) is 8.60. The Morgan fingerprint density at radius 2 is 1.78 bits per heavy atom. The Hall–Kier alpha value is -4.09. The predicted molar refractivity (Wildman–Crippen MR) is 131 cm³/mol. The summed E-state index contributed by atoms with van der Waals surface area (Å²) in [5.74, 6) is 0.168. The van der Waals surface area contributed by atoms with Crippen molar-refractivity contribution in [1.82, 2.24) is 19.2 Å². The largest absolute Gasteiger partial charge is 0.497 e. The topological polar surface area (TPSA) is 112 Å². The number of carbonyl (C=O) groups is 2. The monoisotopic (exact) mass is 505 g/mol. The Bertz CT molecular complexity index is 1450. The fourth-order valence-corrected chi connectivity index (χ4v) is 4.64. The van der Waals surface area contributed by atoms with E-state index in [2.05, 4.69) is 15.2 Å². The van der Waals surface area contributed by atoms with Crippen molar-refractivity contribution < 1.29 is 23.6 Å². The number of hydrogen-bond acceptors (Lipinski definition) is 8. The van der Waals surface area contributed by atoms with Crippen LogP contribution in [0, 0.1) is 6.92 Å². The first kappa shape index (κ1) is 23.6. The molecule has 4 aromatic rings. The third-order valence-electron chi connectivity index (χ3n) is 5.69. The fraction of sp³-hybridized carbons (Fsp3) is 0.240. The molecule has 0 bridgehead atoms. The number of rotatable bonds is 5. The number of amides is 2. The number of ether oxygens (including phenoxy) is 2. The molecule has 11 heteroatoms. The smallest absolute Gasteiger partial charge is 0.284 e. The Labute approximate surface area is 210 Å². The third kappa shape index (κ3) is 4.70. The number of morpholine rings is 1. The van der Waals surface area contributed by atoms with Crippen LogP contribution in [0.3, 0.4) is 0 Å². The molecule has 0 radical (unpaired) electrons. The van der Waals surface area contributed by atoms with Crippen LogP contribution in [-0.2, 0) is 4.74 Å². The number of aryl methyl sites for hydroxylation is 1. The number of carbonyl (C=O) groups excluding carboxylic acids is 2. The molecular weight excluding hydrogens is 482 g/mol. The fourth-order valence-electron chi connectivity index (χ4n) is 3.79. The maximum Gasteiger partial charge on any atom is 0.284 e. The zero-order valence-corrected chi connectivity index (χ0v) is 20.5. The molecule has 1 saturated heterocycles. The van der Waals surface area contributed by atoms with E-state index in [4.69, 9.17) is 14.0 Å². The molecule has 5 rings (SSSR count). The molecule has 0 aliphatic carbocycles. The minimum atomic E-state index is -0.561. The average Bonchev–Trinajstić information content (AvgIpc) is 3.53. The van der Waals surface area contributed by atoms with Gasteiger partial charge in [0.15, 0.2) is 10.4 Å². The van der Waals surface area contributed by atoms with Gasteiger partial charge < -0.3 is 18.9 Å². The normalized spacial score (nSPS) is 14.2. The van der Waals surface area contributed by atoms with Crippen LogP contribution in [0.5, 0.6) is 5.75 Å². The van der Waals surface area contributed by atoms with E-state index in [0.29, 0.717) is 49.2 Å². The van der Waals surface area contributed by atoms with Gasteiger partial charge in [0.2, 0.25) is 0 Å². The van der Waals surface area contributed by atoms with Gasteiger partial charge in [0.25, 0.3) is 11.8 Å². The lowest BCUT2D eigenvalue weighted by Gasteiger charge is -2.25. The maximum absolute atomic E-state index is 13.4. The molecule has 0 unspecified atom stereocenters. The van der Waals surface area contributed by atoms with Crippen molar-refractivity contribution in [3.05, 3.63) is 76.3 Å². The van der Waals surface area contributed by atoms with Crippen molar-refractivity contribution in [2.75, 3.05) is 33.4 Å². The van der Waals surface area contributed by atoms with Gasteiger partial charge in [0, 0.05) is 18.7 Å². The number of aromatic nitrogens is 3. The number of nitrogens with zero attached hydrogens (tertiary/aromatic N) is 5. The number of hydrogen-bond donors (Lipinski definition) is 0. The van der Waals surface area contributed by atoms with E-state index in [1.165, 1.54) is 0 Å². The molecule has 3 heterocycles. The van der Waals surface area contributed by atoms with Crippen LogP contribution in [0.25, 0.3) is 16.9 Å². The van der Waals surface area contributed by atoms with E-state index >= 15 is 0 Å². The first-order valence-corrected chi connectivity index (χ1v) is 12.1. The highest BCUT2D eigenvalue weighted by atomic mass is 32.1. The van der Waals surface area contributed by atoms with Crippen molar-refractivity contribution in [2.45, 2.75) is 6.92 Å². The van der Waals surface area contributed by atoms with Crippen LogP contribution in [0.2, 0.25) is 0 Å². The Morgan fingerprint density at radius 3 is 2.47 bits per heavy atom. The van der Waals surface area contributed by atoms with Gasteiger partial charge in [0.1, 0.15) is 22.8 Å². The van der Waals surface area contributed by atoms with Crippen LogP contribution < -0.4 is 9.41 Å². The molecular formula is C25H23N5O5S. The summed E-state index contributed by atoms with van der Waals surface area (Å²) < 4.78 is 17.7. The lowest BCUT2D eigenvalue weighted by molar-refractivity contribution is 0.0297. The van der Waals surface area contributed by atoms with Crippen LogP contribution in [0.4, 0.5) is 0 Å². The second kappa shape index (κ2) is 10.3. The SMILES string of the molecule is COc1ccc(-n2nc(C(=O)N3CCOCC3)c(=NC(=O)c3c(-c4ccccc4)noc3C)s2)cc1. The van der Waals surface area contributed by atoms with Gasteiger partial charge in [-0.1, -0.05) is 35.5 Å². The van der Waals surface area contributed by atoms with Gasteiger partial charge in [0.05, 0.1) is 26.0 Å². The van der Waals surface area contributed by atoms with Gasteiger partial charge in [-0.15, -0.1) is 5.10 Å². The third-order valence-corrected chi connectivity index (χ3v) is 6.61. The molecule has 2 aromatic carbocycles. The summed E-state index contributed by atoms with van der Waals surface area (Å²) in [6.45, 7) is 3.43. The van der Waals surface area contributed by atoms with E-state index in [1.54, 1.807) is 35.1 Å². The lowest BCUT2D eigenvalue weighted by atomic mass is 10.1. The minimum absolute atomic E-state index is 0.0986. The van der Waals surface area contributed by atoms with E-state index in [-0.39, 0.29) is 21.8 Å². The molecule has 1 aliphatic rings. The first-order valence-electron chi connectivity index (χ1n) is 11.3. The Balaban J connectivity index is 1.59. The molecule has 0 N–H and O–H groups in total. The van der Waals surface area contributed by atoms with E-state index in [1.807, 2.05) is 42.5 Å². The molecule has 2 aromatic heterocycles.